The van der Waals surface area contributed by atoms with Gasteiger partial charge in [-0.3, -0.25) is 4.79 Å². The van der Waals surface area contributed by atoms with Crippen LogP contribution in [0.2, 0.25) is 5.02 Å². The maximum atomic E-state index is 11.2. The molecule has 0 bridgehead atoms. The lowest BCUT2D eigenvalue weighted by Crippen LogP contribution is -2.47. The number of halogens is 2. The van der Waals surface area contributed by atoms with Crippen molar-refractivity contribution in [1.82, 2.24) is 4.31 Å². The highest BCUT2D eigenvalue weighted by Crippen LogP contribution is 2.38. The van der Waals surface area contributed by atoms with Gasteiger partial charge in [0, 0.05) is 15.7 Å². The minimum atomic E-state index is -4.00. The molecule has 1 aromatic rings. The molecule has 16 heavy (non-hydrogen) atoms. The molecule has 0 saturated carbocycles. The lowest BCUT2D eigenvalue weighted by atomic mass is 9.97. The van der Waals surface area contributed by atoms with Gasteiger partial charge in [-0.05, 0) is 17.7 Å². The molecule has 7 heteroatoms. The van der Waals surface area contributed by atoms with E-state index in [4.69, 9.17) is 22.3 Å². The minimum Gasteiger partial charge on any atom is -0.274 e. The van der Waals surface area contributed by atoms with Crippen LogP contribution < -0.4 is 0 Å². The third-order valence-electron chi connectivity index (χ3n) is 2.39. The topological polar surface area (TPSA) is 54.5 Å². The number of carbonyl (C=O) groups is 1. The van der Waals surface area contributed by atoms with Gasteiger partial charge < -0.3 is 0 Å². The summed E-state index contributed by atoms with van der Waals surface area (Å²) in [5.41, 5.74) is 0.702. The van der Waals surface area contributed by atoms with Crippen molar-refractivity contribution >= 4 is 37.4 Å². The van der Waals surface area contributed by atoms with Gasteiger partial charge in [0.05, 0.1) is 12.5 Å². The zero-order valence-corrected chi connectivity index (χ0v) is 10.3. The van der Waals surface area contributed by atoms with Gasteiger partial charge in [-0.25, -0.2) is 4.31 Å². The van der Waals surface area contributed by atoms with Gasteiger partial charge >= 0.3 is 9.24 Å². The van der Waals surface area contributed by atoms with Gasteiger partial charge in [0.1, 0.15) is 0 Å². The number of β-lactam (4-membered cyclic amide) rings is 1. The van der Waals surface area contributed by atoms with Gasteiger partial charge in [-0.2, -0.15) is 8.42 Å². The predicted octanol–water partition coefficient (Wildman–Crippen LogP) is 2.10. The van der Waals surface area contributed by atoms with E-state index in [0.29, 0.717) is 14.9 Å². The highest BCUT2D eigenvalue weighted by Gasteiger charge is 2.44. The molecular formula is C9H7Cl2NO3S. The van der Waals surface area contributed by atoms with Gasteiger partial charge in [-0.1, -0.05) is 23.7 Å². The van der Waals surface area contributed by atoms with E-state index in [-0.39, 0.29) is 6.42 Å². The van der Waals surface area contributed by atoms with E-state index < -0.39 is 21.2 Å². The van der Waals surface area contributed by atoms with Crippen LogP contribution in [0.5, 0.6) is 0 Å². The molecule has 0 radical (unpaired) electrons. The standard InChI is InChI=1S/C9H7Cl2NO3S/c10-7-3-1-6(2-4-7)8-5-9(13)12(8)16(11,14)15/h1-4,8H,5H2. The van der Waals surface area contributed by atoms with Crippen LogP contribution in [0.25, 0.3) is 0 Å². The van der Waals surface area contributed by atoms with Crippen LogP contribution in [-0.4, -0.2) is 18.6 Å². The molecule has 1 fully saturated rings. The number of hydrogen-bond acceptors (Lipinski definition) is 3. The van der Waals surface area contributed by atoms with Gasteiger partial charge in [0.2, 0.25) is 5.91 Å². The third-order valence-corrected chi connectivity index (χ3v) is 4.01. The maximum Gasteiger partial charge on any atom is 0.324 e. The van der Waals surface area contributed by atoms with Crippen molar-refractivity contribution in [2.24, 2.45) is 0 Å². The fourth-order valence-corrected chi connectivity index (χ4v) is 3.07. The second kappa shape index (κ2) is 3.91. The van der Waals surface area contributed by atoms with Gasteiger partial charge in [0.25, 0.3) is 0 Å². The molecule has 0 aliphatic carbocycles. The molecule has 4 nitrogen and oxygen atoms in total. The summed E-state index contributed by atoms with van der Waals surface area (Å²) in [7, 11) is 1.16. The van der Waals surface area contributed by atoms with Crippen molar-refractivity contribution in [3.8, 4) is 0 Å². The second-order valence-electron chi connectivity index (χ2n) is 3.40. The Hall–Kier alpha value is -0.780. The summed E-state index contributed by atoms with van der Waals surface area (Å²) in [4.78, 5) is 11.2. The zero-order chi connectivity index (χ0) is 11.9. The molecule has 0 N–H and O–H groups in total. The molecule has 1 heterocycles. The van der Waals surface area contributed by atoms with Crippen molar-refractivity contribution < 1.29 is 13.2 Å². The summed E-state index contributed by atoms with van der Waals surface area (Å²) in [5, 5.41) is 0.551. The number of carbonyl (C=O) groups excluding carboxylic acids is 1. The number of nitrogens with zero attached hydrogens (tertiary/aromatic N) is 1. The fraction of sp³-hybridized carbons (Fsp3) is 0.222. The lowest BCUT2D eigenvalue weighted by Gasteiger charge is -2.37. The monoisotopic (exact) mass is 279 g/mol. The maximum absolute atomic E-state index is 11.2. The van der Waals surface area contributed by atoms with Gasteiger partial charge in [-0.15, -0.1) is 0 Å². The molecule has 1 amide bonds. The Morgan fingerprint density at radius 3 is 2.25 bits per heavy atom. The Labute approximate surface area is 102 Å². The Morgan fingerprint density at radius 1 is 1.25 bits per heavy atom. The van der Waals surface area contributed by atoms with Crippen molar-refractivity contribution in [3.63, 3.8) is 0 Å². The van der Waals surface area contributed by atoms with Crippen LogP contribution in [0.4, 0.5) is 0 Å². The normalized spacial score (nSPS) is 20.8. The van der Waals surface area contributed by atoms with Crippen molar-refractivity contribution in [1.29, 1.82) is 0 Å². The van der Waals surface area contributed by atoms with E-state index in [1.165, 1.54) is 0 Å². The summed E-state index contributed by atoms with van der Waals surface area (Å²) in [5.74, 6) is -0.491. The highest BCUT2D eigenvalue weighted by molar-refractivity contribution is 8.12. The second-order valence-corrected chi connectivity index (χ2v) is 6.23. The minimum absolute atomic E-state index is 0.146. The van der Waals surface area contributed by atoms with E-state index in [1.54, 1.807) is 24.3 Å². The van der Waals surface area contributed by atoms with Crippen LogP contribution >= 0.6 is 22.3 Å². The lowest BCUT2D eigenvalue weighted by molar-refractivity contribution is -0.137. The van der Waals surface area contributed by atoms with Crippen LogP contribution in [0, 0.1) is 0 Å². The summed E-state index contributed by atoms with van der Waals surface area (Å²) in [6, 6.07) is 6.12. The van der Waals surface area contributed by atoms with Crippen molar-refractivity contribution in [2.75, 3.05) is 0 Å². The first kappa shape index (κ1) is 11.7. The number of benzene rings is 1. The molecule has 1 atom stereocenters. The van der Waals surface area contributed by atoms with Crippen LogP contribution in [0.15, 0.2) is 24.3 Å². The van der Waals surface area contributed by atoms with E-state index in [9.17, 15) is 13.2 Å². The average molecular weight is 280 g/mol. The molecule has 1 aliphatic rings. The molecular weight excluding hydrogens is 273 g/mol. The van der Waals surface area contributed by atoms with E-state index in [2.05, 4.69) is 0 Å². The van der Waals surface area contributed by atoms with E-state index >= 15 is 0 Å². The SMILES string of the molecule is O=C1CC(c2ccc(Cl)cc2)N1S(=O)(=O)Cl. The van der Waals surface area contributed by atoms with Crippen LogP contribution in [-0.2, 0) is 14.0 Å². The number of hydrogen-bond donors (Lipinski definition) is 0. The zero-order valence-electron chi connectivity index (χ0n) is 7.93. The predicted molar refractivity (Wildman–Crippen MR) is 60.4 cm³/mol. The largest absolute Gasteiger partial charge is 0.324 e. The average Bonchev–Trinajstić information content (AvgIpc) is 2.13. The Bertz CT molecular complexity index is 526. The smallest absolute Gasteiger partial charge is 0.274 e. The Kier molecular flexibility index (Phi) is 2.86. The summed E-state index contributed by atoms with van der Waals surface area (Å²) < 4.78 is 22.9. The molecule has 0 spiro atoms. The summed E-state index contributed by atoms with van der Waals surface area (Å²) in [6.07, 6.45) is 0.146. The quantitative estimate of drug-likeness (QED) is 0.615. The summed E-state index contributed by atoms with van der Waals surface area (Å²) in [6.45, 7) is 0. The summed E-state index contributed by atoms with van der Waals surface area (Å²) >= 11 is 5.71. The fourth-order valence-electron chi connectivity index (χ4n) is 1.61. The van der Waals surface area contributed by atoms with Crippen LogP contribution in [0.1, 0.15) is 18.0 Å². The Morgan fingerprint density at radius 2 is 1.81 bits per heavy atom. The van der Waals surface area contributed by atoms with E-state index in [1.807, 2.05) is 0 Å². The molecule has 1 unspecified atom stereocenters. The molecule has 2 rings (SSSR count). The van der Waals surface area contributed by atoms with Crippen LogP contribution in [0.3, 0.4) is 0 Å². The van der Waals surface area contributed by atoms with Crippen molar-refractivity contribution in [3.05, 3.63) is 34.9 Å². The van der Waals surface area contributed by atoms with E-state index in [0.717, 1.165) is 0 Å². The Balaban J connectivity index is 2.30. The molecule has 1 saturated heterocycles. The molecule has 0 aromatic heterocycles. The molecule has 1 aromatic carbocycles. The third kappa shape index (κ3) is 2.03. The molecule has 86 valence electrons. The first-order valence-corrected chi connectivity index (χ1v) is 7.06. The molecule has 1 aliphatic heterocycles. The number of amides is 1. The number of rotatable bonds is 2. The van der Waals surface area contributed by atoms with Crippen molar-refractivity contribution in [2.45, 2.75) is 12.5 Å². The first-order chi connectivity index (χ1) is 7.39. The van der Waals surface area contributed by atoms with Gasteiger partial charge in [0.15, 0.2) is 0 Å². The highest BCUT2D eigenvalue weighted by atomic mass is 35.7. The first-order valence-electron chi connectivity index (χ1n) is 4.42.